The Balaban J connectivity index is 2.17. The Morgan fingerprint density at radius 1 is 1.40 bits per heavy atom. The van der Waals surface area contributed by atoms with Gasteiger partial charge < -0.3 is 0 Å². The molecule has 9 heteroatoms. The summed E-state index contributed by atoms with van der Waals surface area (Å²) in [5.74, 6) is 0. The quantitative estimate of drug-likeness (QED) is 0.596. The third-order valence-electron chi connectivity index (χ3n) is 2.31. The number of aryl methyl sites for hydroxylation is 1. The molecular formula is C11H9N5O3S. The van der Waals surface area contributed by atoms with Gasteiger partial charge in [0, 0.05) is 7.05 Å². The maximum atomic E-state index is 11.7. The number of rotatable bonds is 4. The van der Waals surface area contributed by atoms with E-state index in [1.807, 2.05) is 6.07 Å². The van der Waals surface area contributed by atoms with Crippen LogP contribution >= 0.6 is 0 Å². The number of nitriles is 1. The van der Waals surface area contributed by atoms with E-state index in [0.717, 1.165) is 6.21 Å². The number of nitrogens with zero attached hydrogens (tertiary/aromatic N) is 5. The summed E-state index contributed by atoms with van der Waals surface area (Å²) in [6.07, 6.45) is 1.02. The lowest BCUT2D eigenvalue weighted by Gasteiger charge is -1.99. The van der Waals surface area contributed by atoms with E-state index < -0.39 is 10.1 Å². The van der Waals surface area contributed by atoms with Crippen LogP contribution in [0.15, 0.2) is 40.4 Å². The molecule has 2 aromatic rings. The van der Waals surface area contributed by atoms with Gasteiger partial charge in [-0.2, -0.15) is 13.7 Å². The van der Waals surface area contributed by atoms with Crippen molar-refractivity contribution < 1.29 is 12.7 Å². The molecule has 0 unspecified atom stereocenters. The van der Waals surface area contributed by atoms with Crippen molar-refractivity contribution in [3.8, 4) is 6.07 Å². The summed E-state index contributed by atoms with van der Waals surface area (Å²) >= 11 is 0. The summed E-state index contributed by atoms with van der Waals surface area (Å²) < 4.78 is 29.2. The van der Waals surface area contributed by atoms with Gasteiger partial charge >= 0.3 is 10.1 Å². The van der Waals surface area contributed by atoms with E-state index in [4.69, 9.17) is 5.26 Å². The first-order chi connectivity index (χ1) is 9.54. The molecule has 2 rings (SSSR count). The molecule has 0 atom stereocenters. The van der Waals surface area contributed by atoms with Gasteiger partial charge in [0.2, 0.25) is 0 Å². The standard InChI is InChI=1S/C11H9N5O3S/c1-16-11(7-12)10(14-15-16)8-13-19-20(17,18)9-5-3-2-4-6-9/h2-6,8H,1H3/b13-8+. The monoisotopic (exact) mass is 291 g/mol. The normalized spacial score (nSPS) is 11.4. The highest BCUT2D eigenvalue weighted by Crippen LogP contribution is 2.11. The van der Waals surface area contributed by atoms with E-state index in [2.05, 4.69) is 19.8 Å². The largest absolute Gasteiger partial charge is 0.358 e. The molecule has 0 N–H and O–H groups in total. The zero-order valence-electron chi connectivity index (χ0n) is 10.3. The molecule has 0 radical (unpaired) electrons. The Morgan fingerprint density at radius 3 is 2.75 bits per heavy atom. The Bertz CT molecular complexity index is 774. The summed E-state index contributed by atoms with van der Waals surface area (Å²) in [4.78, 5) is -0.0168. The number of benzene rings is 1. The number of hydrogen-bond donors (Lipinski definition) is 0. The van der Waals surface area contributed by atoms with Crippen molar-refractivity contribution in [2.45, 2.75) is 4.90 Å². The summed E-state index contributed by atoms with van der Waals surface area (Å²) in [7, 11) is -2.45. The first kappa shape index (κ1) is 13.7. The van der Waals surface area contributed by atoms with Gasteiger partial charge in [-0.1, -0.05) is 28.6 Å². The highest BCUT2D eigenvalue weighted by Gasteiger charge is 2.15. The molecule has 0 amide bonds. The van der Waals surface area contributed by atoms with Gasteiger partial charge in [-0.3, -0.25) is 4.28 Å². The van der Waals surface area contributed by atoms with Gasteiger partial charge in [-0.05, 0) is 12.1 Å². The Hall–Kier alpha value is -2.73. The summed E-state index contributed by atoms with van der Waals surface area (Å²) in [6, 6.07) is 9.44. The maximum absolute atomic E-state index is 11.7. The second-order valence-electron chi connectivity index (χ2n) is 3.63. The fourth-order valence-electron chi connectivity index (χ4n) is 1.35. The van der Waals surface area contributed by atoms with Crippen molar-refractivity contribution in [2.24, 2.45) is 12.2 Å². The van der Waals surface area contributed by atoms with Crippen molar-refractivity contribution in [3.05, 3.63) is 41.7 Å². The molecule has 1 aromatic carbocycles. The van der Waals surface area contributed by atoms with Crippen LogP contribution in [0.5, 0.6) is 0 Å². The van der Waals surface area contributed by atoms with Gasteiger partial charge in [-0.15, -0.1) is 5.10 Å². The van der Waals surface area contributed by atoms with E-state index in [-0.39, 0.29) is 16.3 Å². The minimum absolute atomic E-state index is 0.0168. The molecule has 102 valence electrons. The Labute approximate surface area is 115 Å². The van der Waals surface area contributed by atoms with Crippen molar-refractivity contribution in [2.75, 3.05) is 0 Å². The number of oxime groups is 1. The van der Waals surface area contributed by atoms with E-state index in [1.54, 1.807) is 18.2 Å². The molecule has 0 spiro atoms. The summed E-state index contributed by atoms with van der Waals surface area (Å²) in [5.41, 5.74) is 0.271. The molecule has 0 aliphatic rings. The molecule has 8 nitrogen and oxygen atoms in total. The second-order valence-corrected chi connectivity index (χ2v) is 5.16. The molecule has 0 bridgehead atoms. The Morgan fingerprint density at radius 2 is 2.10 bits per heavy atom. The predicted molar refractivity (Wildman–Crippen MR) is 68.0 cm³/mol. The molecule has 0 aliphatic heterocycles. The van der Waals surface area contributed by atoms with Gasteiger partial charge in [0.05, 0.1) is 6.21 Å². The lowest BCUT2D eigenvalue weighted by Crippen LogP contribution is -2.02. The van der Waals surface area contributed by atoms with Crippen LogP contribution < -0.4 is 0 Å². The van der Waals surface area contributed by atoms with Crippen LogP contribution in [0, 0.1) is 11.3 Å². The van der Waals surface area contributed by atoms with Crippen LogP contribution in [0.2, 0.25) is 0 Å². The van der Waals surface area contributed by atoms with Gasteiger partial charge in [0.15, 0.2) is 5.69 Å². The van der Waals surface area contributed by atoms with E-state index in [0.29, 0.717) is 0 Å². The molecule has 0 aliphatic carbocycles. The van der Waals surface area contributed by atoms with Crippen LogP contribution in [0.25, 0.3) is 0 Å². The second kappa shape index (κ2) is 5.50. The van der Waals surface area contributed by atoms with E-state index in [9.17, 15) is 8.42 Å². The average molecular weight is 291 g/mol. The van der Waals surface area contributed by atoms with Crippen LogP contribution in [-0.2, 0) is 21.4 Å². The van der Waals surface area contributed by atoms with Gasteiger partial charge in [0.25, 0.3) is 0 Å². The fraction of sp³-hybridized carbons (Fsp3) is 0.0909. The van der Waals surface area contributed by atoms with Crippen LogP contribution in [0.3, 0.4) is 0 Å². The molecule has 0 saturated heterocycles. The highest BCUT2D eigenvalue weighted by molar-refractivity contribution is 7.86. The molecular weight excluding hydrogens is 282 g/mol. The van der Waals surface area contributed by atoms with Crippen LogP contribution in [-0.4, -0.2) is 29.6 Å². The SMILES string of the molecule is Cn1nnc(/C=N/OS(=O)(=O)c2ccccc2)c1C#N. The molecule has 20 heavy (non-hydrogen) atoms. The lowest BCUT2D eigenvalue weighted by molar-refractivity contribution is 0.341. The maximum Gasteiger partial charge on any atom is 0.358 e. The minimum atomic E-state index is -3.98. The molecule has 1 heterocycles. The molecule has 0 fully saturated rings. The predicted octanol–water partition coefficient (Wildman–Crippen LogP) is 0.426. The summed E-state index contributed by atoms with van der Waals surface area (Å²) in [5, 5.41) is 19.4. The molecule has 0 saturated carbocycles. The highest BCUT2D eigenvalue weighted by atomic mass is 32.2. The molecule has 1 aromatic heterocycles. The first-order valence-corrected chi connectivity index (χ1v) is 6.77. The third kappa shape index (κ3) is 2.81. The van der Waals surface area contributed by atoms with Crippen LogP contribution in [0.1, 0.15) is 11.4 Å². The van der Waals surface area contributed by atoms with E-state index in [1.165, 1.54) is 23.9 Å². The average Bonchev–Trinajstić information content (AvgIpc) is 2.80. The van der Waals surface area contributed by atoms with Gasteiger partial charge in [0.1, 0.15) is 16.7 Å². The first-order valence-electron chi connectivity index (χ1n) is 5.36. The van der Waals surface area contributed by atoms with Crippen LogP contribution in [0.4, 0.5) is 0 Å². The zero-order valence-corrected chi connectivity index (χ0v) is 11.1. The minimum Gasteiger partial charge on any atom is -0.265 e. The van der Waals surface area contributed by atoms with Crippen molar-refractivity contribution in [1.82, 2.24) is 15.0 Å². The van der Waals surface area contributed by atoms with E-state index >= 15 is 0 Å². The lowest BCUT2D eigenvalue weighted by atomic mass is 10.3. The van der Waals surface area contributed by atoms with Crippen molar-refractivity contribution in [1.29, 1.82) is 5.26 Å². The fourth-order valence-corrected chi connectivity index (χ4v) is 2.08. The van der Waals surface area contributed by atoms with Crippen molar-refractivity contribution in [3.63, 3.8) is 0 Å². The number of aromatic nitrogens is 3. The van der Waals surface area contributed by atoms with Gasteiger partial charge in [-0.25, -0.2) is 4.68 Å². The topological polar surface area (TPSA) is 110 Å². The smallest absolute Gasteiger partial charge is 0.265 e. The third-order valence-corrected chi connectivity index (χ3v) is 3.44. The Kier molecular flexibility index (Phi) is 3.76. The van der Waals surface area contributed by atoms with Crippen molar-refractivity contribution >= 4 is 16.3 Å². The zero-order chi connectivity index (χ0) is 14.6. The number of hydrogen-bond acceptors (Lipinski definition) is 7. The summed E-state index contributed by atoms with van der Waals surface area (Å²) in [6.45, 7) is 0.